The van der Waals surface area contributed by atoms with E-state index < -0.39 is 11.8 Å². The summed E-state index contributed by atoms with van der Waals surface area (Å²) in [5, 5.41) is 0. The molecule has 2 saturated heterocycles. The topological polar surface area (TPSA) is 23.6 Å². The molecule has 2 heterocycles. The van der Waals surface area contributed by atoms with Crippen LogP contribution in [-0.4, -0.2) is 40.9 Å². The van der Waals surface area contributed by atoms with Crippen molar-refractivity contribution in [2.24, 2.45) is 5.92 Å². The van der Waals surface area contributed by atoms with E-state index in [0.717, 1.165) is 24.9 Å². The van der Waals surface area contributed by atoms with Gasteiger partial charge in [0.1, 0.15) is 5.82 Å². The lowest BCUT2D eigenvalue weighted by Crippen LogP contribution is -2.54. The van der Waals surface area contributed by atoms with Crippen molar-refractivity contribution in [3.63, 3.8) is 0 Å². The summed E-state index contributed by atoms with van der Waals surface area (Å²) in [4.78, 5) is 16.9. The lowest BCUT2D eigenvalue weighted by molar-refractivity contribution is -0.163. The Morgan fingerprint density at radius 1 is 1.23 bits per heavy atom. The molecule has 6 heteroatoms. The molecular weight excluding hydrogens is 341 g/mol. The third-order valence-electron chi connectivity index (χ3n) is 6.37. The van der Waals surface area contributed by atoms with Gasteiger partial charge in [-0.3, -0.25) is 4.79 Å². The van der Waals surface area contributed by atoms with Gasteiger partial charge in [0, 0.05) is 43.1 Å². The zero-order valence-corrected chi connectivity index (χ0v) is 15.3. The number of carbonyl (C=O) groups is 1. The minimum Gasteiger partial charge on any atom is -0.364 e. The van der Waals surface area contributed by atoms with E-state index in [4.69, 9.17) is 0 Å². The van der Waals surface area contributed by atoms with Crippen LogP contribution in [0.25, 0.3) is 0 Å². The van der Waals surface area contributed by atoms with Crippen molar-refractivity contribution in [1.82, 2.24) is 4.90 Å². The number of carbonyl (C=O) groups excluding carboxylic acids is 1. The van der Waals surface area contributed by atoms with Gasteiger partial charge in [-0.2, -0.15) is 0 Å². The molecule has 0 aromatic heterocycles. The number of benzene rings is 1. The van der Waals surface area contributed by atoms with Gasteiger partial charge < -0.3 is 9.80 Å². The summed E-state index contributed by atoms with van der Waals surface area (Å²) >= 11 is 0. The van der Waals surface area contributed by atoms with Crippen molar-refractivity contribution in [3.05, 3.63) is 30.1 Å². The van der Waals surface area contributed by atoms with E-state index in [-0.39, 0.29) is 35.6 Å². The molecule has 2 aliphatic heterocycles. The molecule has 4 rings (SSSR count). The van der Waals surface area contributed by atoms with Crippen LogP contribution in [0.1, 0.15) is 46.0 Å². The number of amides is 1. The van der Waals surface area contributed by atoms with E-state index in [1.807, 2.05) is 11.0 Å². The minimum atomic E-state index is -2.68. The van der Waals surface area contributed by atoms with Crippen molar-refractivity contribution in [2.75, 3.05) is 18.0 Å². The Kier molecular flexibility index (Phi) is 3.83. The molecule has 0 radical (unpaired) electrons. The Morgan fingerprint density at radius 3 is 2.62 bits per heavy atom. The second-order valence-corrected chi connectivity index (χ2v) is 8.83. The highest BCUT2D eigenvalue weighted by Crippen LogP contribution is 2.50. The normalized spacial score (nSPS) is 30.0. The van der Waals surface area contributed by atoms with Gasteiger partial charge in [0.2, 0.25) is 11.8 Å². The summed E-state index contributed by atoms with van der Waals surface area (Å²) in [7, 11) is 0. The van der Waals surface area contributed by atoms with Crippen molar-refractivity contribution >= 4 is 11.6 Å². The number of rotatable bonds is 2. The standard InChI is InChI=1S/C20H25F3N2O/c1-18(2)12-19(13-25(18)16-6-3-5-15(21)9-16)7-4-8-24(19)17(26)14-10-20(22,23)11-14/h3,5-6,9,14H,4,7-8,10-13H2,1-2H3. The van der Waals surface area contributed by atoms with Crippen LogP contribution in [0.2, 0.25) is 0 Å². The highest BCUT2D eigenvalue weighted by atomic mass is 19.3. The highest BCUT2D eigenvalue weighted by molar-refractivity contribution is 5.81. The number of anilines is 1. The molecule has 26 heavy (non-hydrogen) atoms. The third kappa shape index (κ3) is 2.78. The molecule has 1 aromatic carbocycles. The van der Waals surface area contributed by atoms with E-state index in [2.05, 4.69) is 18.7 Å². The molecule has 1 spiro atoms. The first kappa shape index (κ1) is 17.7. The van der Waals surface area contributed by atoms with E-state index >= 15 is 0 Å². The van der Waals surface area contributed by atoms with Gasteiger partial charge in [0.05, 0.1) is 5.54 Å². The average Bonchev–Trinajstić information content (AvgIpc) is 3.04. The highest BCUT2D eigenvalue weighted by Gasteiger charge is 2.58. The average molecular weight is 366 g/mol. The molecule has 1 aliphatic carbocycles. The predicted octanol–water partition coefficient (Wildman–Crippen LogP) is 4.22. The first-order valence-corrected chi connectivity index (χ1v) is 9.35. The zero-order valence-electron chi connectivity index (χ0n) is 15.3. The zero-order chi connectivity index (χ0) is 18.7. The largest absolute Gasteiger partial charge is 0.364 e. The fraction of sp³-hybridized carbons (Fsp3) is 0.650. The second-order valence-electron chi connectivity index (χ2n) is 8.83. The maximum atomic E-state index is 13.7. The first-order valence-electron chi connectivity index (χ1n) is 9.35. The van der Waals surface area contributed by atoms with E-state index in [9.17, 15) is 18.0 Å². The summed E-state index contributed by atoms with van der Waals surface area (Å²) in [6.45, 7) is 5.46. The van der Waals surface area contributed by atoms with Gasteiger partial charge in [0.15, 0.2) is 0 Å². The maximum absolute atomic E-state index is 13.7. The monoisotopic (exact) mass is 366 g/mol. The summed E-state index contributed by atoms with van der Waals surface area (Å²) in [5.74, 6) is -3.64. The Hall–Kier alpha value is -1.72. The molecule has 1 amide bonds. The summed E-state index contributed by atoms with van der Waals surface area (Å²) in [6.07, 6.45) is 1.88. The molecule has 1 unspecified atom stereocenters. The number of alkyl halides is 2. The lowest BCUT2D eigenvalue weighted by atomic mass is 9.79. The van der Waals surface area contributed by atoms with Gasteiger partial charge in [-0.25, -0.2) is 13.2 Å². The van der Waals surface area contributed by atoms with Gasteiger partial charge in [0.25, 0.3) is 0 Å². The fourth-order valence-corrected chi connectivity index (χ4v) is 5.24. The smallest absolute Gasteiger partial charge is 0.249 e. The number of hydrogen-bond acceptors (Lipinski definition) is 2. The van der Waals surface area contributed by atoms with Crippen LogP contribution in [-0.2, 0) is 4.79 Å². The molecular formula is C20H25F3N2O. The fourth-order valence-electron chi connectivity index (χ4n) is 5.24. The van der Waals surface area contributed by atoms with Crippen molar-refractivity contribution in [1.29, 1.82) is 0 Å². The first-order chi connectivity index (χ1) is 12.1. The molecule has 3 nitrogen and oxygen atoms in total. The molecule has 1 atom stereocenters. The lowest BCUT2D eigenvalue weighted by Gasteiger charge is -2.42. The van der Waals surface area contributed by atoms with Crippen LogP contribution in [0, 0.1) is 11.7 Å². The Bertz CT molecular complexity index is 728. The van der Waals surface area contributed by atoms with Gasteiger partial charge >= 0.3 is 0 Å². The van der Waals surface area contributed by atoms with Crippen LogP contribution in [0.3, 0.4) is 0 Å². The van der Waals surface area contributed by atoms with Crippen LogP contribution >= 0.6 is 0 Å². The maximum Gasteiger partial charge on any atom is 0.249 e. The van der Waals surface area contributed by atoms with Crippen LogP contribution in [0.5, 0.6) is 0 Å². The summed E-state index contributed by atoms with van der Waals surface area (Å²) in [5.41, 5.74) is 0.235. The molecule has 142 valence electrons. The number of likely N-dealkylation sites (tertiary alicyclic amines) is 1. The minimum absolute atomic E-state index is 0.120. The Labute approximate surface area is 152 Å². The Morgan fingerprint density at radius 2 is 1.96 bits per heavy atom. The molecule has 3 aliphatic rings. The van der Waals surface area contributed by atoms with Crippen LogP contribution in [0.4, 0.5) is 18.9 Å². The van der Waals surface area contributed by atoms with E-state index in [0.29, 0.717) is 13.1 Å². The Balaban J connectivity index is 1.59. The van der Waals surface area contributed by atoms with Crippen LogP contribution < -0.4 is 4.90 Å². The van der Waals surface area contributed by atoms with Crippen LogP contribution in [0.15, 0.2) is 24.3 Å². The SMILES string of the molecule is CC1(C)CC2(CCCN2C(=O)C2CC(F)(F)C2)CN1c1cccc(F)c1. The van der Waals surface area contributed by atoms with Gasteiger partial charge in [-0.1, -0.05) is 6.07 Å². The summed E-state index contributed by atoms with van der Waals surface area (Å²) < 4.78 is 40.2. The van der Waals surface area contributed by atoms with Gasteiger partial charge in [-0.15, -0.1) is 0 Å². The van der Waals surface area contributed by atoms with E-state index in [1.165, 1.54) is 12.1 Å². The number of nitrogens with zero attached hydrogens (tertiary/aromatic N) is 2. The molecule has 3 fully saturated rings. The third-order valence-corrected chi connectivity index (χ3v) is 6.37. The van der Waals surface area contributed by atoms with Crippen molar-refractivity contribution in [2.45, 2.75) is 63.0 Å². The second kappa shape index (κ2) is 5.64. The van der Waals surface area contributed by atoms with Gasteiger partial charge in [-0.05, 0) is 51.3 Å². The molecule has 1 aromatic rings. The van der Waals surface area contributed by atoms with Crippen molar-refractivity contribution in [3.8, 4) is 0 Å². The molecule has 0 bridgehead atoms. The number of hydrogen-bond donors (Lipinski definition) is 0. The predicted molar refractivity (Wildman–Crippen MR) is 93.8 cm³/mol. The quantitative estimate of drug-likeness (QED) is 0.782. The van der Waals surface area contributed by atoms with E-state index in [1.54, 1.807) is 6.07 Å². The molecule has 0 N–H and O–H groups in total. The number of halogens is 3. The molecule has 1 saturated carbocycles. The van der Waals surface area contributed by atoms with Crippen molar-refractivity contribution < 1.29 is 18.0 Å². The summed E-state index contributed by atoms with van der Waals surface area (Å²) in [6, 6.07) is 6.52.